The molecule has 5 aromatic rings. The van der Waals surface area contributed by atoms with Crippen molar-refractivity contribution in [3.63, 3.8) is 0 Å². The minimum Gasteiger partial charge on any atom is -0.454 e. The van der Waals surface area contributed by atoms with Gasteiger partial charge in [-0.2, -0.15) is 5.10 Å². The summed E-state index contributed by atoms with van der Waals surface area (Å²) < 4.78 is 7.92. The summed E-state index contributed by atoms with van der Waals surface area (Å²) in [6.07, 6.45) is 9.09. The lowest BCUT2D eigenvalue weighted by molar-refractivity contribution is 0.269. The number of aliphatic hydroxyl groups excluding tert-OH is 1. The van der Waals surface area contributed by atoms with Crippen molar-refractivity contribution in [1.82, 2.24) is 19.7 Å². The van der Waals surface area contributed by atoms with Crippen molar-refractivity contribution < 1.29 is 9.52 Å². The van der Waals surface area contributed by atoms with Crippen molar-refractivity contribution in [3.8, 4) is 33.6 Å². The molecule has 0 saturated heterocycles. The molecule has 0 fully saturated rings. The third kappa shape index (κ3) is 3.30. The molecule has 0 bridgehead atoms. The number of fused-ring (bicyclic) bond motifs is 1. The Bertz CT molecular complexity index is 1260. The van der Waals surface area contributed by atoms with Crippen LogP contribution in [-0.2, 0) is 6.54 Å². The van der Waals surface area contributed by atoms with Crippen molar-refractivity contribution in [1.29, 1.82) is 0 Å². The molecule has 0 aliphatic heterocycles. The number of aromatic nitrogens is 4. The van der Waals surface area contributed by atoms with Crippen LogP contribution in [0.1, 0.15) is 0 Å². The monoisotopic (exact) mass is 382 g/mol. The summed E-state index contributed by atoms with van der Waals surface area (Å²) in [5.41, 5.74) is 6.59. The van der Waals surface area contributed by atoms with Crippen LogP contribution < -0.4 is 0 Å². The Balaban J connectivity index is 1.49. The Labute approximate surface area is 167 Å². The highest BCUT2D eigenvalue weighted by atomic mass is 16.3. The summed E-state index contributed by atoms with van der Waals surface area (Å²) in [5.74, 6) is 0.770. The molecule has 0 atom stereocenters. The first-order chi connectivity index (χ1) is 14.3. The lowest BCUT2D eigenvalue weighted by Crippen LogP contribution is -2.01. The molecule has 0 spiro atoms. The van der Waals surface area contributed by atoms with E-state index in [9.17, 15) is 0 Å². The van der Waals surface area contributed by atoms with Crippen LogP contribution >= 0.6 is 0 Å². The molecule has 6 nitrogen and oxygen atoms in total. The number of hydrogen-bond donors (Lipinski definition) is 1. The first-order valence-corrected chi connectivity index (χ1v) is 9.35. The van der Waals surface area contributed by atoms with Crippen molar-refractivity contribution >= 4 is 11.1 Å². The highest BCUT2D eigenvalue weighted by Gasteiger charge is 2.13. The molecule has 4 aromatic heterocycles. The molecule has 0 radical (unpaired) electrons. The summed E-state index contributed by atoms with van der Waals surface area (Å²) in [7, 11) is 0. The summed E-state index contributed by atoms with van der Waals surface area (Å²) in [6.45, 7) is 0.560. The van der Waals surface area contributed by atoms with Gasteiger partial charge in [0.25, 0.3) is 0 Å². The van der Waals surface area contributed by atoms with E-state index in [1.165, 1.54) is 0 Å². The molecule has 1 aromatic carbocycles. The Morgan fingerprint density at radius 1 is 0.897 bits per heavy atom. The summed E-state index contributed by atoms with van der Waals surface area (Å²) in [4.78, 5) is 8.66. The molecule has 29 heavy (non-hydrogen) atoms. The summed E-state index contributed by atoms with van der Waals surface area (Å²) in [6, 6.07) is 16.0. The second-order valence-electron chi connectivity index (χ2n) is 6.72. The van der Waals surface area contributed by atoms with Gasteiger partial charge in [-0.1, -0.05) is 30.3 Å². The standard InChI is InChI=1S/C23H18N4O2/c28-11-10-27-15-19(14-26-27)16-3-5-17(6-4-16)22-12-21-23(29-22)20(7-9-25-21)18-2-1-8-24-13-18/h1-9,12-15,28H,10-11H2. The molecule has 0 aliphatic carbocycles. The van der Waals surface area contributed by atoms with Crippen LogP contribution in [0.5, 0.6) is 0 Å². The Morgan fingerprint density at radius 3 is 2.55 bits per heavy atom. The van der Waals surface area contributed by atoms with E-state index in [-0.39, 0.29) is 6.61 Å². The maximum absolute atomic E-state index is 9.03. The average molecular weight is 382 g/mol. The van der Waals surface area contributed by atoms with E-state index in [0.29, 0.717) is 6.54 Å². The molecular formula is C23H18N4O2. The topological polar surface area (TPSA) is 77.0 Å². The minimum absolute atomic E-state index is 0.0706. The zero-order valence-corrected chi connectivity index (χ0v) is 15.6. The fourth-order valence-corrected chi connectivity index (χ4v) is 3.39. The van der Waals surface area contributed by atoms with Gasteiger partial charge in [-0.15, -0.1) is 0 Å². The molecule has 0 amide bonds. The van der Waals surface area contributed by atoms with E-state index in [0.717, 1.165) is 44.7 Å². The summed E-state index contributed by atoms with van der Waals surface area (Å²) in [5, 5.41) is 13.3. The first-order valence-electron chi connectivity index (χ1n) is 9.35. The maximum atomic E-state index is 9.03. The maximum Gasteiger partial charge on any atom is 0.161 e. The molecule has 0 unspecified atom stereocenters. The number of hydrogen-bond acceptors (Lipinski definition) is 5. The number of nitrogens with zero attached hydrogens (tertiary/aromatic N) is 4. The number of rotatable bonds is 5. The smallest absolute Gasteiger partial charge is 0.161 e. The van der Waals surface area contributed by atoms with Gasteiger partial charge in [0, 0.05) is 53.1 Å². The van der Waals surface area contributed by atoms with Gasteiger partial charge >= 0.3 is 0 Å². The molecule has 4 heterocycles. The van der Waals surface area contributed by atoms with E-state index in [1.54, 1.807) is 23.3 Å². The van der Waals surface area contributed by atoms with Crippen LogP contribution in [0.15, 0.2) is 83.9 Å². The van der Waals surface area contributed by atoms with Crippen LogP contribution in [0.4, 0.5) is 0 Å². The van der Waals surface area contributed by atoms with Gasteiger partial charge in [-0.05, 0) is 17.7 Å². The van der Waals surface area contributed by atoms with Gasteiger partial charge in [0.1, 0.15) is 11.3 Å². The number of furan rings is 1. The second kappa shape index (κ2) is 7.33. The van der Waals surface area contributed by atoms with Crippen LogP contribution in [0.25, 0.3) is 44.7 Å². The van der Waals surface area contributed by atoms with Crippen LogP contribution in [0.3, 0.4) is 0 Å². The van der Waals surface area contributed by atoms with Crippen LogP contribution in [0.2, 0.25) is 0 Å². The largest absolute Gasteiger partial charge is 0.454 e. The molecule has 0 aliphatic rings. The number of pyridine rings is 2. The van der Waals surface area contributed by atoms with Crippen LogP contribution in [0, 0.1) is 0 Å². The number of benzene rings is 1. The summed E-state index contributed by atoms with van der Waals surface area (Å²) >= 11 is 0. The Kier molecular flexibility index (Phi) is 4.38. The zero-order valence-electron chi connectivity index (χ0n) is 15.6. The third-order valence-electron chi connectivity index (χ3n) is 4.85. The van der Waals surface area contributed by atoms with E-state index in [4.69, 9.17) is 9.52 Å². The fourth-order valence-electron chi connectivity index (χ4n) is 3.39. The van der Waals surface area contributed by atoms with Gasteiger partial charge in [0.2, 0.25) is 0 Å². The van der Waals surface area contributed by atoms with E-state index < -0.39 is 0 Å². The quantitative estimate of drug-likeness (QED) is 0.487. The highest BCUT2D eigenvalue weighted by Crippen LogP contribution is 2.34. The molecular weight excluding hydrogens is 364 g/mol. The van der Waals surface area contributed by atoms with Crippen LogP contribution in [-0.4, -0.2) is 31.5 Å². The Morgan fingerprint density at radius 2 is 1.76 bits per heavy atom. The van der Waals surface area contributed by atoms with E-state index in [2.05, 4.69) is 15.1 Å². The van der Waals surface area contributed by atoms with Gasteiger partial charge < -0.3 is 9.52 Å². The number of aliphatic hydroxyl groups is 1. The van der Waals surface area contributed by atoms with Crippen molar-refractivity contribution in [3.05, 3.63) is 79.5 Å². The molecule has 0 saturated carbocycles. The highest BCUT2D eigenvalue weighted by molar-refractivity contribution is 5.92. The molecule has 142 valence electrons. The molecule has 5 rings (SSSR count). The lowest BCUT2D eigenvalue weighted by atomic mass is 10.1. The Hall–Kier alpha value is -3.77. The lowest BCUT2D eigenvalue weighted by Gasteiger charge is -2.02. The fraction of sp³-hybridized carbons (Fsp3) is 0.0870. The third-order valence-corrected chi connectivity index (χ3v) is 4.85. The van der Waals surface area contributed by atoms with Crippen molar-refractivity contribution in [2.75, 3.05) is 6.61 Å². The average Bonchev–Trinajstić information content (AvgIpc) is 3.42. The van der Waals surface area contributed by atoms with E-state index in [1.807, 2.05) is 60.9 Å². The first kappa shape index (κ1) is 17.3. The van der Waals surface area contributed by atoms with Crippen molar-refractivity contribution in [2.45, 2.75) is 6.54 Å². The molecule has 6 heteroatoms. The second-order valence-corrected chi connectivity index (χ2v) is 6.72. The van der Waals surface area contributed by atoms with Gasteiger partial charge in [0.15, 0.2) is 5.58 Å². The predicted octanol–water partition coefficient (Wildman–Crippen LogP) is 4.41. The normalized spacial score (nSPS) is 11.2. The van der Waals surface area contributed by atoms with E-state index >= 15 is 0 Å². The SMILES string of the molecule is OCCn1cc(-c2ccc(-c3cc4nccc(-c5cccnc5)c4o3)cc2)cn1. The predicted molar refractivity (Wildman–Crippen MR) is 111 cm³/mol. The van der Waals surface area contributed by atoms with Crippen molar-refractivity contribution in [2.24, 2.45) is 0 Å². The minimum atomic E-state index is 0.0706. The zero-order chi connectivity index (χ0) is 19.6. The van der Waals surface area contributed by atoms with Gasteiger partial charge in [0.05, 0.1) is 19.3 Å². The molecule has 1 N–H and O–H groups in total. The van der Waals surface area contributed by atoms with Gasteiger partial charge in [-0.3, -0.25) is 14.6 Å². The van der Waals surface area contributed by atoms with Gasteiger partial charge in [-0.25, -0.2) is 0 Å².